The van der Waals surface area contributed by atoms with E-state index in [4.69, 9.17) is 0 Å². The largest absolute Gasteiger partial charge is 0.354 e. The third-order valence-corrected chi connectivity index (χ3v) is 6.36. The first-order chi connectivity index (χ1) is 12.8. The zero-order valence-corrected chi connectivity index (χ0v) is 16.0. The average molecular weight is 391 g/mol. The Labute approximate surface area is 157 Å². The monoisotopic (exact) mass is 391 g/mol. The molecular formula is C17H21N5O4S. The SMILES string of the molecule is CCS(=O)(=O)N1CCN(c2cc(C)nc(-c3cccc([N+](=O)[O-])c3)n2)CC1. The van der Waals surface area contributed by atoms with Crippen molar-refractivity contribution in [1.29, 1.82) is 0 Å². The van der Waals surface area contributed by atoms with E-state index in [1.54, 1.807) is 19.1 Å². The predicted octanol–water partition coefficient (Wildman–Crippen LogP) is 1.83. The van der Waals surface area contributed by atoms with Crippen LogP contribution in [0.25, 0.3) is 11.4 Å². The Kier molecular flexibility index (Phi) is 5.38. The molecule has 0 unspecified atom stereocenters. The summed E-state index contributed by atoms with van der Waals surface area (Å²) in [5.41, 5.74) is 1.30. The Morgan fingerprint density at radius 1 is 1.15 bits per heavy atom. The Morgan fingerprint density at radius 2 is 1.85 bits per heavy atom. The number of anilines is 1. The van der Waals surface area contributed by atoms with Gasteiger partial charge in [-0.25, -0.2) is 18.4 Å². The molecule has 0 radical (unpaired) electrons. The lowest BCUT2D eigenvalue weighted by Gasteiger charge is -2.34. The van der Waals surface area contributed by atoms with E-state index in [0.29, 0.717) is 43.4 Å². The lowest BCUT2D eigenvalue weighted by Crippen LogP contribution is -2.49. The van der Waals surface area contributed by atoms with Crippen molar-refractivity contribution in [3.63, 3.8) is 0 Å². The molecule has 1 fully saturated rings. The highest BCUT2D eigenvalue weighted by molar-refractivity contribution is 7.89. The molecule has 0 atom stereocenters. The molecule has 1 aromatic heterocycles. The van der Waals surface area contributed by atoms with Gasteiger partial charge in [0.2, 0.25) is 10.0 Å². The number of benzene rings is 1. The number of nitro groups is 1. The lowest BCUT2D eigenvalue weighted by molar-refractivity contribution is -0.384. The molecule has 0 spiro atoms. The summed E-state index contributed by atoms with van der Waals surface area (Å²) in [7, 11) is -3.19. The maximum absolute atomic E-state index is 12.0. The molecule has 0 saturated carbocycles. The van der Waals surface area contributed by atoms with E-state index < -0.39 is 14.9 Å². The van der Waals surface area contributed by atoms with Crippen molar-refractivity contribution in [3.8, 4) is 11.4 Å². The molecule has 2 aromatic rings. The Morgan fingerprint density at radius 3 is 2.48 bits per heavy atom. The van der Waals surface area contributed by atoms with E-state index in [0.717, 1.165) is 5.69 Å². The van der Waals surface area contributed by atoms with Crippen molar-refractivity contribution in [3.05, 3.63) is 46.1 Å². The van der Waals surface area contributed by atoms with Crippen LogP contribution in [0.15, 0.2) is 30.3 Å². The summed E-state index contributed by atoms with van der Waals surface area (Å²) >= 11 is 0. The van der Waals surface area contributed by atoms with Crippen LogP contribution in [0.1, 0.15) is 12.6 Å². The standard InChI is InChI=1S/C17H21N5O4S/c1-3-27(25,26)21-9-7-20(8-10-21)16-11-13(2)18-17(19-16)14-5-4-6-15(12-14)22(23)24/h4-6,11-12H,3,7-10H2,1-2H3. The second-order valence-electron chi connectivity index (χ2n) is 6.29. The summed E-state index contributed by atoms with van der Waals surface area (Å²) in [5.74, 6) is 1.20. The molecule has 27 heavy (non-hydrogen) atoms. The maximum atomic E-state index is 12.0. The van der Waals surface area contributed by atoms with Gasteiger partial charge in [-0.3, -0.25) is 10.1 Å². The molecule has 0 amide bonds. The molecule has 144 valence electrons. The third-order valence-electron chi connectivity index (χ3n) is 4.48. The zero-order chi connectivity index (χ0) is 19.6. The van der Waals surface area contributed by atoms with Gasteiger partial charge >= 0.3 is 0 Å². The van der Waals surface area contributed by atoms with Crippen LogP contribution in [-0.4, -0.2) is 59.5 Å². The molecule has 1 aromatic carbocycles. The summed E-state index contributed by atoms with van der Waals surface area (Å²) in [6.07, 6.45) is 0. The number of rotatable bonds is 5. The van der Waals surface area contributed by atoms with Crippen LogP contribution in [-0.2, 0) is 10.0 Å². The molecule has 2 heterocycles. The predicted molar refractivity (Wildman–Crippen MR) is 102 cm³/mol. The number of hydrogen-bond donors (Lipinski definition) is 0. The highest BCUT2D eigenvalue weighted by atomic mass is 32.2. The normalized spacial score (nSPS) is 15.7. The van der Waals surface area contributed by atoms with E-state index in [9.17, 15) is 18.5 Å². The molecule has 0 N–H and O–H groups in total. The van der Waals surface area contributed by atoms with Crippen molar-refractivity contribution in [2.75, 3.05) is 36.8 Å². The van der Waals surface area contributed by atoms with Crippen molar-refractivity contribution < 1.29 is 13.3 Å². The second kappa shape index (κ2) is 7.57. The second-order valence-corrected chi connectivity index (χ2v) is 8.54. The molecule has 9 nitrogen and oxygen atoms in total. The maximum Gasteiger partial charge on any atom is 0.270 e. The first kappa shape index (κ1) is 19.2. The number of non-ortho nitro benzene ring substituents is 1. The van der Waals surface area contributed by atoms with Crippen molar-refractivity contribution in [2.45, 2.75) is 13.8 Å². The summed E-state index contributed by atoms with van der Waals surface area (Å²) in [6.45, 7) is 5.36. The topological polar surface area (TPSA) is 110 Å². The number of nitro benzene ring substituents is 1. The summed E-state index contributed by atoms with van der Waals surface area (Å²) < 4.78 is 25.5. The van der Waals surface area contributed by atoms with Gasteiger partial charge in [0.15, 0.2) is 5.82 Å². The Balaban J connectivity index is 1.85. The third kappa shape index (κ3) is 4.22. The van der Waals surface area contributed by atoms with E-state index in [1.165, 1.54) is 16.4 Å². The van der Waals surface area contributed by atoms with E-state index in [-0.39, 0.29) is 11.4 Å². The fraction of sp³-hybridized carbons (Fsp3) is 0.412. The van der Waals surface area contributed by atoms with Crippen LogP contribution >= 0.6 is 0 Å². The van der Waals surface area contributed by atoms with Crippen LogP contribution < -0.4 is 4.90 Å². The van der Waals surface area contributed by atoms with Gasteiger partial charge < -0.3 is 4.90 Å². The summed E-state index contributed by atoms with van der Waals surface area (Å²) in [5, 5.41) is 11.0. The highest BCUT2D eigenvalue weighted by Gasteiger charge is 2.26. The van der Waals surface area contributed by atoms with Gasteiger partial charge in [-0.05, 0) is 13.8 Å². The van der Waals surface area contributed by atoms with Crippen molar-refractivity contribution in [2.24, 2.45) is 0 Å². The lowest BCUT2D eigenvalue weighted by atomic mass is 10.2. The fourth-order valence-electron chi connectivity index (χ4n) is 2.98. The van der Waals surface area contributed by atoms with Crippen molar-refractivity contribution >= 4 is 21.5 Å². The van der Waals surface area contributed by atoms with E-state index in [1.807, 2.05) is 17.9 Å². The van der Waals surface area contributed by atoms with Crippen LogP contribution in [0, 0.1) is 17.0 Å². The molecule has 0 aliphatic carbocycles. The van der Waals surface area contributed by atoms with Crippen LogP contribution in [0.4, 0.5) is 11.5 Å². The van der Waals surface area contributed by atoms with E-state index in [2.05, 4.69) is 9.97 Å². The summed E-state index contributed by atoms with van der Waals surface area (Å²) in [6, 6.07) is 8.05. The Hall–Kier alpha value is -2.59. The Bertz CT molecular complexity index is 956. The molecular weight excluding hydrogens is 370 g/mol. The molecule has 1 aliphatic heterocycles. The number of hydrogen-bond acceptors (Lipinski definition) is 7. The number of aromatic nitrogens is 2. The van der Waals surface area contributed by atoms with Crippen LogP contribution in [0.3, 0.4) is 0 Å². The van der Waals surface area contributed by atoms with E-state index >= 15 is 0 Å². The molecule has 0 bridgehead atoms. The molecule has 10 heteroatoms. The molecule has 3 rings (SSSR count). The molecule has 1 aliphatic rings. The average Bonchev–Trinajstić information content (AvgIpc) is 2.67. The zero-order valence-electron chi connectivity index (χ0n) is 15.2. The molecule has 1 saturated heterocycles. The van der Waals surface area contributed by atoms with Gasteiger partial charge in [0.25, 0.3) is 5.69 Å². The fourth-order valence-corrected chi connectivity index (χ4v) is 4.06. The van der Waals surface area contributed by atoms with Gasteiger partial charge in [0.1, 0.15) is 5.82 Å². The highest BCUT2D eigenvalue weighted by Crippen LogP contribution is 2.24. The first-order valence-corrected chi connectivity index (χ1v) is 10.2. The van der Waals surface area contributed by atoms with Crippen LogP contribution in [0.2, 0.25) is 0 Å². The minimum absolute atomic E-state index is 0.0162. The minimum Gasteiger partial charge on any atom is -0.354 e. The number of nitrogens with zero attached hydrogens (tertiary/aromatic N) is 5. The van der Waals surface area contributed by atoms with Gasteiger partial charge in [0.05, 0.1) is 10.7 Å². The van der Waals surface area contributed by atoms with Crippen molar-refractivity contribution in [1.82, 2.24) is 14.3 Å². The van der Waals surface area contributed by atoms with Gasteiger partial charge in [-0.1, -0.05) is 12.1 Å². The number of aryl methyl sites for hydroxylation is 1. The number of piperazine rings is 1. The van der Waals surface area contributed by atoms with Gasteiger partial charge in [-0.2, -0.15) is 4.31 Å². The minimum atomic E-state index is -3.19. The smallest absolute Gasteiger partial charge is 0.270 e. The van der Waals surface area contributed by atoms with Gasteiger partial charge in [0, 0.05) is 55.6 Å². The van der Waals surface area contributed by atoms with Crippen LogP contribution in [0.5, 0.6) is 0 Å². The number of sulfonamides is 1. The quantitative estimate of drug-likeness (QED) is 0.565. The first-order valence-electron chi connectivity index (χ1n) is 8.63. The summed E-state index contributed by atoms with van der Waals surface area (Å²) in [4.78, 5) is 21.5. The van der Waals surface area contributed by atoms with Gasteiger partial charge in [-0.15, -0.1) is 0 Å².